The molecule has 0 spiro atoms. The van der Waals surface area contributed by atoms with Crippen LogP contribution in [0.15, 0.2) is 0 Å². The first-order chi connectivity index (χ1) is 6.77. The molecular weight excluding hydrogens is 280 g/mol. The molecule has 1 fully saturated rings. The molecule has 1 aliphatic rings. The minimum atomic E-state index is -5.18. The summed E-state index contributed by atoms with van der Waals surface area (Å²) in [4.78, 5) is 11.3. The van der Waals surface area contributed by atoms with Crippen LogP contribution in [0, 0.1) is 5.92 Å². The molecule has 0 aromatic carbocycles. The highest BCUT2D eigenvalue weighted by Gasteiger charge is 2.61. The molecule has 6 heteroatoms. The number of rotatable bonds is 2. The Morgan fingerprint density at radius 2 is 1.53 bits per heavy atom. The van der Waals surface area contributed by atoms with Crippen LogP contribution in [0.1, 0.15) is 32.1 Å². The number of carbonyl (C=O) groups is 1. The highest BCUT2D eigenvalue weighted by Crippen LogP contribution is 2.43. The van der Waals surface area contributed by atoms with E-state index in [9.17, 15) is 22.4 Å². The van der Waals surface area contributed by atoms with E-state index in [1.54, 1.807) is 0 Å². The molecule has 0 saturated heterocycles. The van der Waals surface area contributed by atoms with E-state index in [2.05, 4.69) is 0 Å². The lowest BCUT2D eigenvalue weighted by Gasteiger charge is -2.27. The zero-order valence-corrected chi connectivity index (χ0v) is 9.50. The van der Waals surface area contributed by atoms with Gasteiger partial charge in [0, 0.05) is 5.92 Å². The molecular formula is C9H11BrF4O. The summed E-state index contributed by atoms with van der Waals surface area (Å²) in [6.07, 6.45) is -2.19. The molecule has 1 saturated carbocycles. The summed E-state index contributed by atoms with van der Waals surface area (Å²) in [6, 6.07) is 0. The Morgan fingerprint density at radius 1 is 1.07 bits per heavy atom. The maximum atomic E-state index is 13.2. The molecule has 0 bridgehead atoms. The summed E-state index contributed by atoms with van der Waals surface area (Å²) in [7, 11) is 0. The first-order valence-corrected chi connectivity index (χ1v) is 5.55. The van der Waals surface area contributed by atoms with Crippen molar-refractivity contribution in [2.24, 2.45) is 5.92 Å². The molecule has 0 amide bonds. The van der Waals surface area contributed by atoms with Gasteiger partial charge in [-0.1, -0.05) is 19.3 Å². The van der Waals surface area contributed by atoms with Crippen molar-refractivity contribution >= 4 is 21.7 Å². The molecule has 0 heterocycles. The van der Waals surface area contributed by atoms with E-state index in [-0.39, 0.29) is 0 Å². The SMILES string of the molecule is O=C(C1CCCCC1)C(F)(Br)C(F)(F)F. The summed E-state index contributed by atoms with van der Waals surface area (Å²) >= 11 is 1.86. The number of hydrogen-bond acceptors (Lipinski definition) is 1. The van der Waals surface area contributed by atoms with Gasteiger partial charge in [-0.25, -0.2) is 4.39 Å². The van der Waals surface area contributed by atoms with Crippen molar-refractivity contribution in [1.29, 1.82) is 0 Å². The van der Waals surface area contributed by atoms with Gasteiger partial charge in [-0.2, -0.15) is 13.2 Å². The maximum absolute atomic E-state index is 13.2. The van der Waals surface area contributed by atoms with Crippen LogP contribution in [-0.4, -0.2) is 16.5 Å². The minimum Gasteiger partial charge on any atom is -0.294 e. The fraction of sp³-hybridized carbons (Fsp3) is 0.889. The highest BCUT2D eigenvalue weighted by molar-refractivity contribution is 9.10. The smallest absolute Gasteiger partial charge is 0.294 e. The van der Waals surface area contributed by atoms with Crippen LogP contribution in [0.4, 0.5) is 17.6 Å². The van der Waals surface area contributed by atoms with Crippen molar-refractivity contribution in [3.63, 3.8) is 0 Å². The summed E-state index contributed by atoms with van der Waals surface area (Å²) in [5.41, 5.74) is 0. The van der Waals surface area contributed by atoms with Crippen molar-refractivity contribution in [2.45, 2.75) is 42.9 Å². The summed E-state index contributed by atoms with van der Waals surface area (Å²) < 4.78 is 45.9. The van der Waals surface area contributed by atoms with Gasteiger partial charge in [0.1, 0.15) is 0 Å². The monoisotopic (exact) mass is 290 g/mol. The number of halogens is 5. The van der Waals surface area contributed by atoms with Crippen molar-refractivity contribution < 1.29 is 22.4 Å². The number of Topliss-reactive ketones (excluding diaryl/α,β-unsaturated/α-hetero) is 1. The van der Waals surface area contributed by atoms with Crippen LogP contribution < -0.4 is 0 Å². The molecule has 1 nitrogen and oxygen atoms in total. The van der Waals surface area contributed by atoms with Crippen LogP contribution in [0.3, 0.4) is 0 Å². The predicted molar refractivity (Wildman–Crippen MR) is 50.4 cm³/mol. The van der Waals surface area contributed by atoms with E-state index in [4.69, 9.17) is 0 Å². The van der Waals surface area contributed by atoms with E-state index < -0.39 is 22.5 Å². The number of carbonyl (C=O) groups excluding carboxylic acids is 1. The average molecular weight is 291 g/mol. The molecule has 15 heavy (non-hydrogen) atoms. The maximum Gasteiger partial charge on any atom is 0.440 e. The van der Waals surface area contributed by atoms with Gasteiger partial charge in [0.25, 0.3) is 0 Å². The summed E-state index contributed by atoms with van der Waals surface area (Å²) in [5, 5.41) is 0. The summed E-state index contributed by atoms with van der Waals surface area (Å²) in [6.45, 7) is 0. The molecule has 0 radical (unpaired) electrons. The number of alkyl halides is 5. The second-order valence-electron chi connectivity index (χ2n) is 3.77. The first-order valence-electron chi connectivity index (χ1n) is 4.75. The normalized spacial score (nSPS) is 23.5. The van der Waals surface area contributed by atoms with Crippen LogP contribution >= 0.6 is 15.9 Å². The number of ketones is 1. The van der Waals surface area contributed by atoms with Gasteiger partial charge in [-0.15, -0.1) is 0 Å². The predicted octanol–water partition coefficient (Wildman–Crippen LogP) is 3.76. The Kier molecular flexibility index (Phi) is 3.79. The topological polar surface area (TPSA) is 17.1 Å². The highest BCUT2D eigenvalue weighted by atomic mass is 79.9. The van der Waals surface area contributed by atoms with E-state index in [1.165, 1.54) is 0 Å². The first kappa shape index (κ1) is 12.9. The summed E-state index contributed by atoms with van der Waals surface area (Å²) in [5.74, 6) is -2.18. The van der Waals surface area contributed by atoms with Crippen LogP contribution in [0.2, 0.25) is 0 Å². The molecule has 0 aliphatic heterocycles. The minimum absolute atomic E-state index is 0.353. The average Bonchev–Trinajstić information content (AvgIpc) is 2.16. The molecule has 0 aromatic rings. The van der Waals surface area contributed by atoms with Gasteiger partial charge in [0.2, 0.25) is 0 Å². The zero-order chi connectivity index (χ0) is 11.7. The number of hydrogen-bond donors (Lipinski definition) is 0. The lowest BCUT2D eigenvalue weighted by atomic mass is 9.84. The Balaban J connectivity index is 2.74. The van der Waals surface area contributed by atoms with E-state index in [1.807, 2.05) is 15.9 Å². The van der Waals surface area contributed by atoms with Crippen LogP contribution in [0.25, 0.3) is 0 Å². The lowest BCUT2D eigenvalue weighted by Crippen LogP contribution is -2.46. The molecule has 0 aromatic heterocycles. The Hall–Kier alpha value is -0.130. The molecule has 0 N–H and O–H groups in total. The lowest BCUT2D eigenvalue weighted by molar-refractivity contribution is -0.197. The third-order valence-electron chi connectivity index (χ3n) is 2.64. The Bertz CT molecular complexity index is 243. The van der Waals surface area contributed by atoms with Crippen molar-refractivity contribution in [3.8, 4) is 0 Å². The molecule has 1 atom stereocenters. The largest absolute Gasteiger partial charge is 0.440 e. The quantitative estimate of drug-likeness (QED) is 0.559. The van der Waals surface area contributed by atoms with Crippen molar-refractivity contribution in [3.05, 3.63) is 0 Å². The van der Waals surface area contributed by atoms with Gasteiger partial charge in [-0.3, -0.25) is 4.79 Å². The standard InChI is InChI=1S/C9H11BrF4O/c10-8(11,9(12,13)14)7(15)6-4-2-1-3-5-6/h6H,1-5H2. The van der Waals surface area contributed by atoms with E-state index in [0.29, 0.717) is 25.7 Å². The Morgan fingerprint density at radius 3 is 1.93 bits per heavy atom. The molecule has 1 aliphatic carbocycles. The van der Waals surface area contributed by atoms with Gasteiger partial charge >= 0.3 is 10.8 Å². The van der Waals surface area contributed by atoms with Crippen LogP contribution in [-0.2, 0) is 4.79 Å². The molecule has 1 unspecified atom stereocenters. The van der Waals surface area contributed by atoms with Crippen molar-refractivity contribution in [1.82, 2.24) is 0 Å². The van der Waals surface area contributed by atoms with Crippen LogP contribution in [0.5, 0.6) is 0 Å². The molecule has 88 valence electrons. The van der Waals surface area contributed by atoms with Gasteiger partial charge < -0.3 is 0 Å². The Labute approximate surface area is 93.3 Å². The van der Waals surface area contributed by atoms with Gasteiger partial charge in [0.05, 0.1) is 0 Å². The van der Waals surface area contributed by atoms with Gasteiger partial charge in [0.15, 0.2) is 5.78 Å². The van der Waals surface area contributed by atoms with Gasteiger partial charge in [-0.05, 0) is 28.8 Å². The fourth-order valence-electron chi connectivity index (χ4n) is 1.76. The second-order valence-corrected chi connectivity index (χ2v) is 4.86. The van der Waals surface area contributed by atoms with Crippen molar-refractivity contribution in [2.75, 3.05) is 0 Å². The second kappa shape index (κ2) is 4.39. The van der Waals surface area contributed by atoms with E-state index >= 15 is 0 Å². The fourth-order valence-corrected chi connectivity index (χ4v) is 2.08. The van der Waals surface area contributed by atoms with E-state index in [0.717, 1.165) is 6.42 Å². The third kappa shape index (κ3) is 2.71. The zero-order valence-electron chi connectivity index (χ0n) is 7.91. The molecule has 1 rings (SSSR count). The third-order valence-corrected chi connectivity index (χ3v) is 3.48.